The number of hydrogen-bond donors (Lipinski definition) is 3. The third-order valence-corrected chi connectivity index (χ3v) is 4.25. The largest absolute Gasteiger partial charge is 0.389 e. The van der Waals surface area contributed by atoms with Crippen molar-refractivity contribution < 1.29 is 15.0 Å². The summed E-state index contributed by atoms with van der Waals surface area (Å²) in [4.78, 5) is 13.8. The van der Waals surface area contributed by atoms with Crippen molar-refractivity contribution >= 4 is 5.91 Å². The Labute approximate surface area is 119 Å². The standard InChI is InChI=1S/C14H23N3O3/c15-10-14(5-3-1-2-4-6-14)16-13(20)9-17-7-11(18)12(19)8-17/h11-12,18-19H,1-9H2,(H,16,20). The number of carbonyl (C=O) groups is 1. The number of aliphatic hydroxyl groups is 2. The molecule has 1 saturated carbocycles. The van der Waals surface area contributed by atoms with Crippen LogP contribution in [0.15, 0.2) is 0 Å². The van der Waals surface area contributed by atoms with Gasteiger partial charge in [0.15, 0.2) is 0 Å². The normalized spacial score (nSPS) is 30.4. The van der Waals surface area contributed by atoms with Crippen LogP contribution in [-0.4, -0.2) is 58.4 Å². The number of carbonyl (C=O) groups excluding carboxylic acids is 1. The van der Waals surface area contributed by atoms with Crippen molar-refractivity contribution in [3.05, 3.63) is 0 Å². The lowest BCUT2D eigenvalue weighted by Gasteiger charge is -2.27. The molecule has 2 unspecified atom stereocenters. The van der Waals surface area contributed by atoms with Gasteiger partial charge in [0.1, 0.15) is 5.54 Å². The maximum atomic E-state index is 12.1. The molecule has 3 N–H and O–H groups in total. The van der Waals surface area contributed by atoms with Crippen LogP contribution in [-0.2, 0) is 4.79 Å². The quantitative estimate of drug-likeness (QED) is 0.620. The lowest BCUT2D eigenvalue weighted by Crippen LogP contribution is -2.50. The lowest BCUT2D eigenvalue weighted by atomic mass is 9.92. The second kappa shape index (κ2) is 6.53. The molecule has 0 aromatic rings. The molecule has 6 nitrogen and oxygen atoms in total. The SMILES string of the molecule is N#CC1(NC(=O)CN2CC(O)C(O)C2)CCCCCC1. The number of β-amino-alcohol motifs (C(OH)–C–C–N with tert-alkyl or cyclic N) is 2. The molecule has 2 fully saturated rings. The number of rotatable bonds is 3. The molecule has 2 atom stereocenters. The molecular weight excluding hydrogens is 258 g/mol. The summed E-state index contributed by atoms with van der Waals surface area (Å²) in [6, 6.07) is 2.28. The van der Waals surface area contributed by atoms with Gasteiger partial charge in [-0.05, 0) is 12.8 Å². The van der Waals surface area contributed by atoms with Crippen LogP contribution in [0.25, 0.3) is 0 Å². The van der Waals surface area contributed by atoms with Crippen LogP contribution in [0.5, 0.6) is 0 Å². The van der Waals surface area contributed by atoms with E-state index >= 15 is 0 Å². The van der Waals surface area contributed by atoms with Crippen molar-refractivity contribution in [2.75, 3.05) is 19.6 Å². The van der Waals surface area contributed by atoms with Crippen LogP contribution >= 0.6 is 0 Å². The summed E-state index contributed by atoms with van der Waals surface area (Å²) in [5.41, 5.74) is -0.732. The molecule has 0 aromatic carbocycles. The van der Waals surface area contributed by atoms with Crippen molar-refractivity contribution in [2.24, 2.45) is 0 Å². The average molecular weight is 281 g/mol. The summed E-state index contributed by atoms with van der Waals surface area (Å²) in [5.74, 6) is -0.199. The predicted molar refractivity (Wildman–Crippen MR) is 72.6 cm³/mol. The second-order valence-corrected chi connectivity index (χ2v) is 5.99. The Morgan fingerprint density at radius 1 is 1.20 bits per heavy atom. The molecule has 1 heterocycles. The first-order valence-electron chi connectivity index (χ1n) is 7.35. The number of amides is 1. The zero-order valence-corrected chi connectivity index (χ0v) is 11.7. The minimum atomic E-state index is -0.786. The van der Waals surface area contributed by atoms with E-state index in [1.54, 1.807) is 4.90 Å². The first-order chi connectivity index (χ1) is 9.54. The number of aliphatic hydroxyl groups excluding tert-OH is 2. The van der Waals surface area contributed by atoms with E-state index in [2.05, 4.69) is 11.4 Å². The molecule has 1 aliphatic carbocycles. The number of nitriles is 1. The van der Waals surface area contributed by atoms with Gasteiger partial charge in [0.25, 0.3) is 0 Å². The van der Waals surface area contributed by atoms with Crippen LogP contribution in [0, 0.1) is 11.3 Å². The molecule has 6 heteroatoms. The fourth-order valence-corrected chi connectivity index (χ4v) is 3.08. The summed E-state index contributed by atoms with van der Waals surface area (Å²) < 4.78 is 0. The minimum Gasteiger partial charge on any atom is -0.389 e. The van der Waals surface area contributed by atoms with Crippen LogP contribution in [0.2, 0.25) is 0 Å². The van der Waals surface area contributed by atoms with Gasteiger partial charge in [-0.25, -0.2) is 0 Å². The Bertz CT molecular complexity index is 376. The summed E-state index contributed by atoms with van der Waals surface area (Å²) in [5, 5.41) is 31.2. The zero-order valence-electron chi connectivity index (χ0n) is 11.7. The zero-order chi connectivity index (χ0) is 14.6. The molecule has 0 radical (unpaired) electrons. The Morgan fingerprint density at radius 3 is 2.25 bits per heavy atom. The molecule has 1 amide bonds. The fraction of sp³-hybridized carbons (Fsp3) is 0.857. The van der Waals surface area contributed by atoms with Crippen molar-refractivity contribution in [2.45, 2.75) is 56.3 Å². The molecule has 0 spiro atoms. The minimum absolute atomic E-state index is 0.123. The van der Waals surface area contributed by atoms with Crippen molar-refractivity contribution in [1.82, 2.24) is 10.2 Å². The Kier molecular flexibility index (Phi) is 4.97. The van der Waals surface area contributed by atoms with E-state index in [9.17, 15) is 20.3 Å². The molecule has 112 valence electrons. The summed E-state index contributed by atoms with van der Waals surface area (Å²) in [6.45, 7) is 0.722. The third kappa shape index (κ3) is 3.69. The summed E-state index contributed by atoms with van der Waals surface area (Å²) in [7, 11) is 0. The van der Waals surface area contributed by atoms with Gasteiger partial charge in [0.05, 0.1) is 24.8 Å². The van der Waals surface area contributed by atoms with E-state index in [1.165, 1.54) is 0 Å². The van der Waals surface area contributed by atoms with Crippen LogP contribution in [0.1, 0.15) is 38.5 Å². The van der Waals surface area contributed by atoms with Crippen molar-refractivity contribution in [3.63, 3.8) is 0 Å². The fourth-order valence-electron chi connectivity index (χ4n) is 3.08. The highest BCUT2D eigenvalue weighted by Crippen LogP contribution is 2.26. The molecule has 2 rings (SSSR count). The van der Waals surface area contributed by atoms with Gasteiger partial charge in [0, 0.05) is 13.1 Å². The molecule has 2 aliphatic rings. The van der Waals surface area contributed by atoms with Gasteiger partial charge in [-0.1, -0.05) is 25.7 Å². The van der Waals surface area contributed by atoms with Gasteiger partial charge in [-0.15, -0.1) is 0 Å². The Balaban J connectivity index is 1.88. The summed E-state index contributed by atoms with van der Waals surface area (Å²) >= 11 is 0. The van der Waals surface area contributed by atoms with Gasteiger partial charge < -0.3 is 15.5 Å². The maximum Gasteiger partial charge on any atom is 0.235 e. The topological polar surface area (TPSA) is 96.6 Å². The highest BCUT2D eigenvalue weighted by Gasteiger charge is 2.35. The average Bonchev–Trinajstić information content (AvgIpc) is 2.62. The highest BCUT2D eigenvalue weighted by molar-refractivity contribution is 5.79. The van der Waals surface area contributed by atoms with E-state index in [0.29, 0.717) is 25.9 Å². The van der Waals surface area contributed by atoms with E-state index < -0.39 is 17.7 Å². The molecule has 0 bridgehead atoms. The van der Waals surface area contributed by atoms with Gasteiger partial charge in [0.2, 0.25) is 5.91 Å². The Hall–Kier alpha value is -1.16. The summed E-state index contributed by atoms with van der Waals surface area (Å²) in [6.07, 6.45) is 4.01. The van der Waals surface area contributed by atoms with Gasteiger partial charge in [-0.3, -0.25) is 9.69 Å². The van der Waals surface area contributed by atoms with Crippen LogP contribution < -0.4 is 5.32 Å². The van der Waals surface area contributed by atoms with Crippen LogP contribution in [0.4, 0.5) is 0 Å². The first kappa shape index (κ1) is 15.2. The van der Waals surface area contributed by atoms with Crippen molar-refractivity contribution in [3.8, 4) is 6.07 Å². The second-order valence-electron chi connectivity index (χ2n) is 5.99. The number of likely N-dealkylation sites (tertiary alicyclic amines) is 1. The van der Waals surface area contributed by atoms with E-state index in [4.69, 9.17) is 0 Å². The predicted octanol–water partition coefficient (Wildman–Crippen LogP) is -0.243. The van der Waals surface area contributed by atoms with Gasteiger partial charge in [-0.2, -0.15) is 5.26 Å². The van der Waals surface area contributed by atoms with Crippen LogP contribution in [0.3, 0.4) is 0 Å². The first-order valence-corrected chi connectivity index (χ1v) is 7.35. The van der Waals surface area contributed by atoms with E-state index in [1.807, 2.05) is 0 Å². The van der Waals surface area contributed by atoms with Crippen molar-refractivity contribution in [1.29, 1.82) is 5.26 Å². The maximum absolute atomic E-state index is 12.1. The monoisotopic (exact) mass is 281 g/mol. The molecule has 1 aliphatic heterocycles. The Morgan fingerprint density at radius 2 is 1.75 bits per heavy atom. The molecule has 20 heavy (non-hydrogen) atoms. The van der Waals surface area contributed by atoms with E-state index in [-0.39, 0.29) is 12.5 Å². The number of nitrogens with zero attached hydrogens (tertiary/aromatic N) is 2. The molecule has 1 saturated heterocycles. The lowest BCUT2D eigenvalue weighted by molar-refractivity contribution is -0.123. The number of hydrogen-bond acceptors (Lipinski definition) is 5. The van der Waals surface area contributed by atoms with Gasteiger partial charge >= 0.3 is 0 Å². The number of nitrogens with one attached hydrogen (secondary N) is 1. The third-order valence-electron chi connectivity index (χ3n) is 4.25. The van der Waals surface area contributed by atoms with E-state index in [0.717, 1.165) is 25.7 Å². The molecular formula is C14H23N3O3. The molecule has 0 aromatic heterocycles. The smallest absolute Gasteiger partial charge is 0.235 e. The highest BCUT2D eigenvalue weighted by atomic mass is 16.3.